The second kappa shape index (κ2) is 5.68. The molecule has 2 rings (SSSR count). The first-order valence-electron chi connectivity index (χ1n) is 4.74. The fourth-order valence-electron chi connectivity index (χ4n) is 1.18. The molecule has 0 saturated carbocycles. The van der Waals surface area contributed by atoms with Crippen molar-refractivity contribution in [2.75, 3.05) is 11.2 Å². The molecular weight excluding hydrogens is 384 g/mol. The molecule has 0 saturated heterocycles. The SMILES string of the molecule is Nc1csc(NN=Cc2cc(Br)cc(Br)c2O)n1. The Morgan fingerprint density at radius 1 is 1.44 bits per heavy atom. The van der Waals surface area contributed by atoms with E-state index in [9.17, 15) is 5.11 Å². The van der Waals surface area contributed by atoms with Gasteiger partial charge in [0.25, 0.3) is 0 Å². The average Bonchev–Trinajstić information content (AvgIpc) is 2.71. The lowest BCUT2D eigenvalue weighted by molar-refractivity contribution is 0.471. The Labute approximate surface area is 124 Å². The maximum absolute atomic E-state index is 9.80. The minimum atomic E-state index is 0.127. The van der Waals surface area contributed by atoms with Gasteiger partial charge in [-0.05, 0) is 28.1 Å². The minimum Gasteiger partial charge on any atom is -0.506 e. The van der Waals surface area contributed by atoms with Gasteiger partial charge in [0, 0.05) is 15.4 Å². The van der Waals surface area contributed by atoms with Crippen LogP contribution in [-0.2, 0) is 0 Å². The largest absolute Gasteiger partial charge is 0.506 e. The van der Waals surface area contributed by atoms with Crippen LogP contribution in [0.25, 0.3) is 0 Å². The molecule has 0 spiro atoms. The maximum atomic E-state index is 9.80. The van der Waals surface area contributed by atoms with Gasteiger partial charge < -0.3 is 10.8 Å². The molecule has 0 bridgehead atoms. The van der Waals surface area contributed by atoms with E-state index in [4.69, 9.17) is 5.73 Å². The van der Waals surface area contributed by atoms with Crippen molar-refractivity contribution >= 4 is 60.4 Å². The summed E-state index contributed by atoms with van der Waals surface area (Å²) in [6, 6.07) is 3.50. The Hall–Kier alpha value is -1.12. The van der Waals surface area contributed by atoms with E-state index in [-0.39, 0.29) is 5.75 Å². The predicted octanol–water partition coefficient (Wildman–Crippen LogP) is 3.40. The predicted molar refractivity (Wildman–Crippen MR) is 81.2 cm³/mol. The summed E-state index contributed by atoms with van der Waals surface area (Å²) in [5.74, 6) is 0.577. The molecule has 0 aliphatic carbocycles. The van der Waals surface area contributed by atoms with Crippen molar-refractivity contribution < 1.29 is 5.11 Å². The molecule has 0 radical (unpaired) electrons. The summed E-state index contributed by atoms with van der Waals surface area (Å²) in [4.78, 5) is 3.99. The van der Waals surface area contributed by atoms with E-state index in [1.54, 1.807) is 17.5 Å². The van der Waals surface area contributed by atoms with Crippen LogP contribution in [-0.4, -0.2) is 16.3 Å². The molecule has 1 aromatic carbocycles. The molecule has 18 heavy (non-hydrogen) atoms. The van der Waals surface area contributed by atoms with Crippen LogP contribution in [0.4, 0.5) is 10.9 Å². The zero-order valence-electron chi connectivity index (χ0n) is 8.89. The Balaban J connectivity index is 2.14. The Bertz CT molecular complexity index is 600. The number of nitrogens with two attached hydrogens (primary N) is 1. The smallest absolute Gasteiger partial charge is 0.205 e. The molecule has 0 aliphatic heterocycles. The molecule has 0 amide bonds. The number of benzene rings is 1. The molecule has 5 nitrogen and oxygen atoms in total. The first kappa shape index (κ1) is 13.3. The van der Waals surface area contributed by atoms with Crippen molar-refractivity contribution in [2.45, 2.75) is 0 Å². The number of nitrogens with one attached hydrogen (secondary N) is 1. The van der Waals surface area contributed by atoms with E-state index in [0.29, 0.717) is 21.0 Å². The highest BCUT2D eigenvalue weighted by molar-refractivity contribution is 9.11. The Kier molecular flexibility index (Phi) is 4.20. The standard InChI is InChI=1S/C10H8Br2N4OS/c11-6-1-5(9(17)7(12)2-6)3-14-16-10-15-8(13)4-18-10/h1-4,17H,13H2,(H,15,16). The Morgan fingerprint density at radius 2 is 2.22 bits per heavy atom. The van der Waals surface area contributed by atoms with Gasteiger partial charge in [-0.2, -0.15) is 5.10 Å². The van der Waals surface area contributed by atoms with Gasteiger partial charge in [0.05, 0.1) is 10.7 Å². The number of halogens is 2. The van der Waals surface area contributed by atoms with Crippen LogP contribution < -0.4 is 11.2 Å². The van der Waals surface area contributed by atoms with E-state index in [1.165, 1.54) is 17.6 Å². The van der Waals surface area contributed by atoms with Crippen molar-refractivity contribution in [1.29, 1.82) is 0 Å². The van der Waals surface area contributed by atoms with Crippen LogP contribution >= 0.6 is 43.2 Å². The maximum Gasteiger partial charge on any atom is 0.205 e. The van der Waals surface area contributed by atoms with Crippen molar-refractivity contribution in [3.63, 3.8) is 0 Å². The second-order valence-corrected chi connectivity index (χ2v) is 5.90. The van der Waals surface area contributed by atoms with Crippen molar-refractivity contribution in [1.82, 2.24) is 4.98 Å². The van der Waals surface area contributed by atoms with Gasteiger partial charge in [-0.1, -0.05) is 15.9 Å². The number of hydrazone groups is 1. The molecule has 1 heterocycles. The highest BCUT2D eigenvalue weighted by Gasteiger charge is 2.05. The summed E-state index contributed by atoms with van der Waals surface area (Å²) < 4.78 is 1.43. The van der Waals surface area contributed by atoms with E-state index >= 15 is 0 Å². The zero-order valence-corrected chi connectivity index (χ0v) is 12.9. The van der Waals surface area contributed by atoms with Crippen LogP contribution in [0.3, 0.4) is 0 Å². The third kappa shape index (κ3) is 3.21. The van der Waals surface area contributed by atoms with Gasteiger partial charge in [0.1, 0.15) is 11.6 Å². The fraction of sp³-hybridized carbons (Fsp3) is 0. The molecule has 94 valence electrons. The normalized spacial score (nSPS) is 11.0. The molecule has 2 aromatic rings. The van der Waals surface area contributed by atoms with Crippen molar-refractivity contribution in [3.8, 4) is 5.75 Å². The minimum absolute atomic E-state index is 0.127. The van der Waals surface area contributed by atoms with Gasteiger partial charge in [0.15, 0.2) is 0 Å². The van der Waals surface area contributed by atoms with Gasteiger partial charge in [-0.3, -0.25) is 5.43 Å². The van der Waals surface area contributed by atoms with Gasteiger partial charge in [0.2, 0.25) is 5.13 Å². The summed E-state index contributed by atoms with van der Waals surface area (Å²) in [6.07, 6.45) is 1.50. The van der Waals surface area contributed by atoms with Crippen LogP contribution in [0.1, 0.15) is 5.56 Å². The first-order chi connectivity index (χ1) is 8.56. The summed E-state index contributed by atoms with van der Waals surface area (Å²) in [5, 5.41) is 16.1. The van der Waals surface area contributed by atoms with E-state index < -0.39 is 0 Å². The van der Waals surface area contributed by atoms with Crippen molar-refractivity contribution in [2.24, 2.45) is 5.10 Å². The Morgan fingerprint density at radius 3 is 2.89 bits per heavy atom. The lowest BCUT2D eigenvalue weighted by Gasteiger charge is -2.02. The molecule has 0 atom stereocenters. The number of anilines is 2. The highest BCUT2D eigenvalue weighted by atomic mass is 79.9. The number of hydrogen-bond donors (Lipinski definition) is 3. The van der Waals surface area contributed by atoms with Gasteiger partial charge in [-0.15, -0.1) is 11.3 Å². The number of phenols is 1. The fourth-order valence-corrected chi connectivity index (χ4v) is 2.99. The van der Waals surface area contributed by atoms with Crippen LogP contribution in [0, 0.1) is 0 Å². The number of thiazole rings is 1. The van der Waals surface area contributed by atoms with Crippen molar-refractivity contribution in [3.05, 3.63) is 32.0 Å². The highest BCUT2D eigenvalue weighted by Crippen LogP contribution is 2.30. The summed E-state index contributed by atoms with van der Waals surface area (Å²) in [5.41, 5.74) is 8.79. The number of phenolic OH excluding ortho intramolecular Hbond substituents is 1. The molecular formula is C10H8Br2N4OS. The number of aromatic hydroxyl groups is 1. The quantitative estimate of drug-likeness (QED) is 0.553. The second-order valence-electron chi connectivity index (χ2n) is 3.27. The van der Waals surface area contributed by atoms with Crippen LogP contribution in [0.15, 0.2) is 31.6 Å². The van der Waals surface area contributed by atoms with E-state index in [0.717, 1.165) is 4.47 Å². The summed E-state index contributed by atoms with van der Waals surface area (Å²) >= 11 is 7.94. The summed E-state index contributed by atoms with van der Waals surface area (Å²) in [6.45, 7) is 0. The van der Waals surface area contributed by atoms with Crippen LogP contribution in [0.5, 0.6) is 5.75 Å². The van der Waals surface area contributed by atoms with Gasteiger partial charge in [-0.25, -0.2) is 4.98 Å². The first-order valence-corrected chi connectivity index (χ1v) is 7.21. The van der Waals surface area contributed by atoms with Crippen LogP contribution in [0.2, 0.25) is 0 Å². The molecule has 4 N–H and O–H groups in total. The molecule has 0 unspecified atom stereocenters. The summed E-state index contributed by atoms with van der Waals surface area (Å²) in [7, 11) is 0. The molecule has 8 heteroatoms. The lowest BCUT2D eigenvalue weighted by Crippen LogP contribution is -1.92. The molecule has 0 fully saturated rings. The van der Waals surface area contributed by atoms with Gasteiger partial charge >= 0.3 is 0 Å². The third-order valence-corrected chi connectivity index (χ3v) is 3.77. The monoisotopic (exact) mass is 390 g/mol. The van der Waals surface area contributed by atoms with E-state index in [2.05, 4.69) is 47.4 Å². The third-order valence-electron chi connectivity index (χ3n) is 1.94. The topological polar surface area (TPSA) is 83.5 Å². The number of rotatable bonds is 3. The number of hydrogen-bond acceptors (Lipinski definition) is 6. The lowest BCUT2D eigenvalue weighted by atomic mass is 10.2. The van der Waals surface area contributed by atoms with E-state index in [1.807, 2.05) is 0 Å². The zero-order chi connectivity index (χ0) is 13.1. The average molecular weight is 392 g/mol. The number of nitrogens with zero attached hydrogens (tertiary/aromatic N) is 2. The molecule has 0 aliphatic rings. The number of nitrogen functional groups attached to an aromatic ring is 1. The molecule has 1 aromatic heterocycles. The number of aromatic nitrogens is 1.